The molecule has 21 heteroatoms. The quantitative estimate of drug-likeness (QED) is 0.0448. The Labute approximate surface area is 436 Å². The summed E-state index contributed by atoms with van der Waals surface area (Å²) in [5.74, 6) is -1.14. The van der Waals surface area contributed by atoms with Crippen LogP contribution < -0.4 is 42.5 Å². The summed E-state index contributed by atoms with van der Waals surface area (Å²) in [5, 5.41) is 22.2. The molecule has 17 nitrogen and oxygen atoms in total. The van der Waals surface area contributed by atoms with Crippen molar-refractivity contribution >= 4 is 95.0 Å². The third-order valence-electron chi connectivity index (χ3n) is 7.83. The summed E-state index contributed by atoms with van der Waals surface area (Å²) in [6.45, 7) is 47.5. The zero-order valence-electron chi connectivity index (χ0n) is 46.5. The molecule has 0 bridgehead atoms. The normalized spacial score (nSPS) is 13.4. The standard InChI is InChI=1S/C24H46N4O4S2.C12H24N2O2S.C12H22N2O2.H2O.H2S/c1-21(2,3)19(31)25-15(17(29)27-23(7,8)9)13-33-34-14-16(18(30)28-24(10,11)12)26-20(32)22(4,5)6;1-11(2,3)10(16)13-8(7-17)9(15)14-12(4,5)6;1-8(9(15)14-12(5,6)7)13-10(16)11(2,3)4;;/h15-16H,13-14H2,1-12H3,(H,25,31)(H,26,32)(H,27,29)(H,28,30);8,17H,7H2,1-6H3,(H,13,16)(H,14,15);1H2,2-7H3,(H,13,16)(H,14,15);2*1H2/p-2. The van der Waals surface area contributed by atoms with Gasteiger partial charge in [-0.3, -0.25) is 38.4 Å². The van der Waals surface area contributed by atoms with Crippen molar-refractivity contribution in [3.05, 3.63) is 12.3 Å². The minimum atomic E-state index is -0.727. The average molecular weight is 1060 g/mol. The first-order chi connectivity index (χ1) is 29.4. The summed E-state index contributed by atoms with van der Waals surface area (Å²) in [7, 11) is 2.75. The van der Waals surface area contributed by atoms with Crippen LogP contribution in [0.2, 0.25) is 0 Å². The van der Waals surface area contributed by atoms with Crippen molar-refractivity contribution in [2.45, 2.75) is 206 Å². The van der Waals surface area contributed by atoms with E-state index in [0.29, 0.717) is 11.5 Å². The molecule has 0 saturated carbocycles. The summed E-state index contributed by atoms with van der Waals surface area (Å²) in [5.41, 5.74) is -3.79. The van der Waals surface area contributed by atoms with Crippen molar-refractivity contribution in [1.82, 2.24) is 42.5 Å². The van der Waals surface area contributed by atoms with Crippen LogP contribution in [-0.2, 0) is 51.0 Å². The summed E-state index contributed by atoms with van der Waals surface area (Å²) in [6, 6.07) is -2.10. The maximum Gasteiger partial charge on any atom is 0.267 e. The number of carbonyl (C=O) groups excluding carboxylic acids is 8. The first-order valence-corrected chi connectivity index (χ1v) is 25.5. The van der Waals surface area contributed by atoms with Crippen LogP contribution in [0.25, 0.3) is 0 Å². The molecule has 0 aliphatic heterocycles. The summed E-state index contributed by atoms with van der Waals surface area (Å²) >= 11 is 4.90. The number of nitrogens with one attached hydrogen (secondary N) is 8. The van der Waals surface area contributed by atoms with Crippen LogP contribution >= 0.6 is 35.1 Å². The second-order valence-corrected chi connectivity index (χ2v) is 27.6. The second kappa shape index (κ2) is 30.0. The van der Waals surface area contributed by atoms with Gasteiger partial charge in [-0.25, -0.2) is 0 Å². The van der Waals surface area contributed by atoms with Gasteiger partial charge in [-0.1, -0.05) is 111 Å². The Morgan fingerprint density at radius 2 is 0.652 bits per heavy atom. The van der Waals surface area contributed by atoms with Crippen molar-refractivity contribution < 1.29 is 43.8 Å². The Kier molecular flexibility index (Phi) is 32.5. The Hall–Kier alpha value is -3.14. The number of rotatable bonds is 14. The average Bonchev–Trinajstić information content (AvgIpc) is 3.06. The molecule has 0 saturated heterocycles. The van der Waals surface area contributed by atoms with Gasteiger partial charge < -0.3 is 60.6 Å². The maximum atomic E-state index is 12.8. The topological polar surface area (TPSA) is 263 Å². The fourth-order valence-electron chi connectivity index (χ4n) is 4.07. The fourth-order valence-corrected chi connectivity index (χ4v) is 6.64. The molecule has 0 aliphatic rings. The lowest BCUT2D eigenvalue weighted by molar-refractivity contribution is -0.133. The lowest BCUT2D eigenvalue weighted by Gasteiger charge is -2.29. The van der Waals surface area contributed by atoms with Crippen LogP contribution in [0.4, 0.5) is 0 Å². The van der Waals surface area contributed by atoms with E-state index >= 15 is 0 Å². The Morgan fingerprint density at radius 1 is 0.420 bits per heavy atom. The van der Waals surface area contributed by atoms with Gasteiger partial charge in [0, 0.05) is 55.3 Å². The summed E-state index contributed by atoms with van der Waals surface area (Å²) in [4.78, 5) is 97.4. The van der Waals surface area contributed by atoms with Crippen LogP contribution in [-0.4, -0.2) is 110 Å². The van der Waals surface area contributed by atoms with Gasteiger partial charge in [-0.15, -0.1) is 5.75 Å². The molecule has 0 rings (SSSR count). The minimum Gasteiger partial charge on any atom is -0.870 e. The Bertz CT molecular complexity index is 1640. The molecular weight excluding hydrogens is 961 g/mol. The minimum absolute atomic E-state index is 0. The van der Waals surface area contributed by atoms with Crippen LogP contribution in [0.15, 0.2) is 12.3 Å². The zero-order chi connectivity index (χ0) is 54.1. The molecule has 0 radical (unpaired) electrons. The highest BCUT2D eigenvalue weighted by Gasteiger charge is 2.32. The number of hydrogen-bond acceptors (Lipinski definition) is 12. The Morgan fingerprint density at radius 3 is 0.870 bits per heavy atom. The van der Waals surface area contributed by atoms with Crippen molar-refractivity contribution in [2.24, 2.45) is 21.7 Å². The molecule has 69 heavy (non-hydrogen) atoms. The van der Waals surface area contributed by atoms with Crippen LogP contribution in [0, 0.1) is 21.7 Å². The van der Waals surface area contributed by atoms with Gasteiger partial charge in [0.05, 0.1) is 11.7 Å². The molecule has 0 aromatic carbocycles. The van der Waals surface area contributed by atoms with Gasteiger partial charge in [0.25, 0.3) is 5.91 Å². The Balaban J connectivity index is -0.000000327. The first kappa shape index (κ1) is 74.8. The largest absolute Gasteiger partial charge is 0.870 e. The molecule has 0 aromatic heterocycles. The predicted octanol–water partition coefficient (Wildman–Crippen LogP) is 5.75. The van der Waals surface area contributed by atoms with Crippen molar-refractivity contribution in [3.8, 4) is 0 Å². The molecule has 0 heterocycles. The third kappa shape index (κ3) is 38.2. The second-order valence-electron chi connectivity index (χ2n) is 24.7. The monoisotopic (exact) mass is 1050 g/mol. The van der Waals surface area contributed by atoms with Crippen molar-refractivity contribution in [1.29, 1.82) is 0 Å². The lowest BCUT2D eigenvalue weighted by atomic mass is 9.95. The van der Waals surface area contributed by atoms with Crippen molar-refractivity contribution in [3.63, 3.8) is 0 Å². The van der Waals surface area contributed by atoms with Crippen molar-refractivity contribution in [2.75, 3.05) is 17.3 Å². The summed E-state index contributed by atoms with van der Waals surface area (Å²) < 4.78 is 0. The highest BCUT2D eigenvalue weighted by molar-refractivity contribution is 8.76. The van der Waals surface area contributed by atoms with E-state index in [-0.39, 0.29) is 88.8 Å². The number of carbonyl (C=O) groups is 8. The smallest absolute Gasteiger partial charge is 0.267 e. The first-order valence-electron chi connectivity index (χ1n) is 22.5. The summed E-state index contributed by atoms with van der Waals surface area (Å²) in [6.07, 6.45) is 0. The van der Waals surface area contributed by atoms with Gasteiger partial charge in [-0.2, -0.15) is 13.5 Å². The highest BCUT2D eigenvalue weighted by Crippen LogP contribution is 2.25. The predicted molar refractivity (Wildman–Crippen MR) is 292 cm³/mol. The molecule has 0 aliphatic carbocycles. The molecule has 9 N–H and O–H groups in total. The molecule has 0 fully saturated rings. The van der Waals surface area contributed by atoms with E-state index in [1.54, 1.807) is 83.1 Å². The van der Waals surface area contributed by atoms with Gasteiger partial charge >= 0.3 is 0 Å². The molecule has 0 aromatic rings. The zero-order valence-corrected chi connectivity index (χ0v) is 49.9. The molecular formula is C48H94N8O9S4-2. The number of amides is 8. The van der Waals surface area contributed by atoms with E-state index in [1.807, 2.05) is 83.1 Å². The maximum absolute atomic E-state index is 12.8. The van der Waals surface area contributed by atoms with Crippen LogP contribution in [0.3, 0.4) is 0 Å². The van der Waals surface area contributed by atoms with E-state index < -0.39 is 50.9 Å². The SMILES string of the molecule is C=C(NC(=O)C(C)(C)C)C(=O)NC(C)(C)C.CC(C)(C)NC(=O)C(CSSCC(NC(=O)C(C)(C)C)C(=O)NC(C)(C)C)NC(=O)C(C)(C)C.CC(C)(C)NC(=O)C(C[S-])NC(=O)C(C)(C)C.S.[OH-]. The van der Waals surface area contributed by atoms with E-state index in [9.17, 15) is 38.4 Å². The third-order valence-corrected chi connectivity index (χ3v) is 10.6. The van der Waals surface area contributed by atoms with E-state index in [2.05, 4.69) is 49.1 Å². The highest BCUT2D eigenvalue weighted by atomic mass is 33.1. The molecule has 3 unspecified atom stereocenters. The van der Waals surface area contributed by atoms with Gasteiger partial charge in [-0.05, 0) is 83.1 Å². The van der Waals surface area contributed by atoms with E-state index in [0.717, 1.165) is 0 Å². The molecule has 3 atom stereocenters. The van der Waals surface area contributed by atoms with Gasteiger partial charge in [0.2, 0.25) is 41.4 Å². The van der Waals surface area contributed by atoms with Crippen LogP contribution in [0.5, 0.6) is 0 Å². The fraction of sp³-hybridized carbons (Fsp3) is 0.792. The van der Waals surface area contributed by atoms with Crippen LogP contribution in [0.1, 0.15) is 166 Å². The lowest BCUT2D eigenvalue weighted by Crippen LogP contribution is -2.55. The molecule has 8 amide bonds. The number of hydrogen-bond donors (Lipinski definition) is 8. The van der Waals surface area contributed by atoms with E-state index in [4.69, 9.17) is 12.6 Å². The molecule has 406 valence electrons. The molecule has 0 spiro atoms. The van der Waals surface area contributed by atoms with Gasteiger partial charge in [0.1, 0.15) is 12.1 Å². The van der Waals surface area contributed by atoms with E-state index in [1.165, 1.54) is 21.6 Å². The van der Waals surface area contributed by atoms with Gasteiger partial charge in [0.15, 0.2) is 0 Å².